The standard InChI is InChI=1S/C12H14O3/c1-8-2-4-10(5-3-8)15-7-9-6-11(9)12(13)14/h2-5,9,11H,6-7H2,1H3,(H,13,14). The molecule has 0 radical (unpaired) electrons. The van der Waals surface area contributed by atoms with E-state index in [0.29, 0.717) is 6.61 Å². The van der Waals surface area contributed by atoms with Crippen molar-refractivity contribution in [3.8, 4) is 5.75 Å². The Labute approximate surface area is 88.7 Å². The Bertz CT molecular complexity index is 356. The quantitative estimate of drug-likeness (QED) is 0.820. The van der Waals surface area contributed by atoms with Crippen molar-refractivity contribution in [2.24, 2.45) is 11.8 Å². The first-order valence-corrected chi connectivity index (χ1v) is 5.09. The van der Waals surface area contributed by atoms with Gasteiger partial charge in [-0.15, -0.1) is 0 Å². The third kappa shape index (κ3) is 2.49. The third-order valence-electron chi connectivity index (χ3n) is 2.72. The lowest BCUT2D eigenvalue weighted by Gasteiger charge is -2.04. The molecule has 1 aromatic carbocycles. The summed E-state index contributed by atoms with van der Waals surface area (Å²) in [6.45, 7) is 2.53. The summed E-state index contributed by atoms with van der Waals surface area (Å²) in [5.41, 5.74) is 1.19. The number of carboxylic acids is 1. The van der Waals surface area contributed by atoms with E-state index >= 15 is 0 Å². The van der Waals surface area contributed by atoms with E-state index < -0.39 is 5.97 Å². The first-order valence-electron chi connectivity index (χ1n) is 5.09. The number of ether oxygens (including phenoxy) is 1. The molecule has 0 heterocycles. The van der Waals surface area contributed by atoms with Crippen LogP contribution in [-0.4, -0.2) is 17.7 Å². The largest absolute Gasteiger partial charge is 0.493 e. The fourth-order valence-electron chi connectivity index (χ4n) is 1.57. The Balaban J connectivity index is 1.80. The van der Waals surface area contributed by atoms with Gasteiger partial charge in [0.05, 0.1) is 12.5 Å². The highest BCUT2D eigenvalue weighted by Crippen LogP contribution is 2.38. The van der Waals surface area contributed by atoms with Crippen molar-refractivity contribution in [3.63, 3.8) is 0 Å². The van der Waals surface area contributed by atoms with Crippen LogP contribution >= 0.6 is 0 Å². The van der Waals surface area contributed by atoms with Crippen LogP contribution in [0.2, 0.25) is 0 Å². The van der Waals surface area contributed by atoms with Gasteiger partial charge in [-0.1, -0.05) is 17.7 Å². The SMILES string of the molecule is Cc1ccc(OCC2CC2C(=O)O)cc1. The van der Waals surface area contributed by atoms with E-state index in [1.165, 1.54) is 5.56 Å². The maximum Gasteiger partial charge on any atom is 0.306 e. The monoisotopic (exact) mass is 206 g/mol. The molecule has 2 unspecified atom stereocenters. The first kappa shape index (κ1) is 10.0. The van der Waals surface area contributed by atoms with Gasteiger partial charge in [-0.3, -0.25) is 4.79 Å². The van der Waals surface area contributed by atoms with E-state index in [9.17, 15) is 4.79 Å². The Morgan fingerprint density at radius 1 is 1.47 bits per heavy atom. The molecule has 2 atom stereocenters. The number of benzene rings is 1. The summed E-state index contributed by atoms with van der Waals surface area (Å²) in [6.07, 6.45) is 0.751. The highest BCUT2D eigenvalue weighted by Gasteiger charge is 2.43. The van der Waals surface area contributed by atoms with Gasteiger partial charge in [0.15, 0.2) is 0 Å². The second-order valence-corrected chi connectivity index (χ2v) is 4.06. The molecule has 1 saturated carbocycles. The van der Waals surface area contributed by atoms with E-state index in [1.54, 1.807) is 0 Å². The van der Waals surface area contributed by atoms with Crippen LogP contribution in [0.3, 0.4) is 0 Å². The second-order valence-electron chi connectivity index (χ2n) is 4.06. The first-order chi connectivity index (χ1) is 7.16. The van der Waals surface area contributed by atoms with Gasteiger partial charge in [0, 0.05) is 5.92 Å². The average Bonchev–Trinajstić information content (AvgIpc) is 2.96. The molecule has 1 aliphatic carbocycles. The van der Waals surface area contributed by atoms with Crippen LogP contribution in [0.1, 0.15) is 12.0 Å². The molecule has 1 aromatic rings. The lowest BCUT2D eigenvalue weighted by Crippen LogP contribution is -2.06. The smallest absolute Gasteiger partial charge is 0.306 e. The summed E-state index contributed by atoms with van der Waals surface area (Å²) in [5.74, 6) is 0.128. The lowest BCUT2D eigenvalue weighted by molar-refractivity contribution is -0.138. The van der Waals surface area contributed by atoms with Crippen LogP contribution in [0.5, 0.6) is 5.75 Å². The molecule has 0 saturated heterocycles. The molecule has 3 heteroatoms. The number of carboxylic acid groups (broad SMARTS) is 1. The molecular formula is C12H14O3. The zero-order chi connectivity index (χ0) is 10.8. The molecule has 15 heavy (non-hydrogen) atoms. The van der Waals surface area contributed by atoms with Crippen molar-refractivity contribution < 1.29 is 14.6 Å². The topological polar surface area (TPSA) is 46.5 Å². The molecule has 1 aliphatic rings. The maximum atomic E-state index is 10.6. The minimum atomic E-state index is -0.701. The minimum absolute atomic E-state index is 0.185. The van der Waals surface area contributed by atoms with Crippen LogP contribution in [0.15, 0.2) is 24.3 Å². The summed E-state index contributed by atoms with van der Waals surface area (Å²) >= 11 is 0. The summed E-state index contributed by atoms with van der Waals surface area (Å²) in [6, 6.07) is 7.79. The van der Waals surface area contributed by atoms with Crippen molar-refractivity contribution >= 4 is 5.97 Å². The van der Waals surface area contributed by atoms with Gasteiger partial charge in [0.25, 0.3) is 0 Å². The van der Waals surface area contributed by atoms with E-state index in [2.05, 4.69) is 0 Å². The van der Waals surface area contributed by atoms with Gasteiger partial charge in [0.1, 0.15) is 5.75 Å². The van der Waals surface area contributed by atoms with Crippen LogP contribution < -0.4 is 4.74 Å². The molecule has 2 rings (SSSR count). The van der Waals surface area contributed by atoms with Crippen molar-refractivity contribution in [2.75, 3.05) is 6.61 Å². The number of aryl methyl sites for hydroxylation is 1. The Morgan fingerprint density at radius 2 is 2.13 bits per heavy atom. The number of aliphatic carboxylic acids is 1. The molecule has 0 bridgehead atoms. The maximum absolute atomic E-state index is 10.6. The van der Waals surface area contributed by atoms with Gasteiger partial charge in [0.2, 0.25) is 0 Å². The highest BCUT2D eigenvalue weighted by molar-refractivity contribution is 5.73. The van der Waals surface area contributed by atoms with Gasteiger partial charge < -0.3 is 9.84 Å². The molecule has 0 aromatic heterocycles. The molecule has 0 spiro atoms. The predicted octanol–water partition coefficient (Wildman–Crippen LogP) is 2.09. The molecule has 3 nitrogen and oxygen atoms in total. The van der Waals surface area contributed by atoms with Crippen molar-refractivity contribution in [1.29, 1.82) is 0 Å². The molecule has 1 N–H and O–H groups in total. The van der Waals surface area contributed by atoms with E-state index in [4.69, 9.17) is 9.84 Å². The van der Waals surface area contributed by atoms with Crippen molar-refractivity contribution in [1.82, 2.24) is 0 Å². The summed E-state index contributed by atoms with van der Waals surface area (Å²) in [4.78, 5) is 10.6. The fraction of sp³-hybridized carbons (Fsp3) is 0.417. The normalized spacial score (nSPS) is 23.5. The number of rotatable bonds is 4. The van der Waals surface area contributed by atoms with E-state index in [0.717, 1.165) is 12.2 Å². The van der Waals surface area contributed by atoms with Gasteiger partial charge in [-0.25, -0.2) is 0 Å². The molecular weight excluding hydrogens is 192 g/mol. The summed E-state index contributed by atoms with van der Waals surface area (Å²) in [5, 5.41) is 8.70. The van der Waals surface area contributed by atoms with Crippen molar-refractivity contribution in [2.45, 2.75) is 13.3 Å². The zero-order valence-electron chi connectivity index (χ0n) is 8.64. The second kappa shape index (κ2) is 3.93. The molecule has 1 fully saturated rings. The number of hydrogen-bond donors (Lipinski definition) is 1. The number of carbonyl (C=O) groups is 1. The van der Waals surface area contributed by atoms with Gasteiger partial charge >= 0.3 is 5.97 Å². The minimum Gasteiger partial charge on any atom is -0.493 e. The van der Waals surface area contributed by atoms with Crippen LogP contribution in [-0.2, 0) is 4.79 Å². The van der Waals surface area contributed by atoms with E-state index in [-0.39, 0.29) is 11.8 Å². The van der Waals surface area contributed by atoms with Gasteiger partial charge in [-0.2, -0.15) is 0 Å². The molecule has 0 amide bonds. The highest BCUT2D eigenvalue weighted by atomic mass is 16.5. The Morgan fingerprint density at radius 3 is 2.67 bits per heavy atom. The molecule has 0 aliphatic heterocycles. The lowest BCUT2D eigenvalue weighted by atomic mass is 10.2. The molecule has 80 valence electrons. The zero-order valence-corrected chi connectivity index (χ0v) is 8.64. The van der Waals surface area contributed by atoms with Crippen LogP contribution in [0.25, 0.3) is 0 Å². The van der Waals surface area contributed by atoms with Crippen LogP contribution in [0.4, 0.5) is 0 Å². The Kier molecular flexibility index (Phi) is 2.62. The average molecular weight is 206 g/mol. The van der Waals surface area contributed by atoms with E-state index in [1.807, 2.05) is 31.2 Å². The van der Waals surface area contributed by atoms with Crippen molar-refractivity contribution in [3.05, 3.63) is 29.8 Å². The van der Waals surface area contributed by atoms with Crippen LogP contribution in [0, 0.1) is 18.8 Å². The summed E-state index contributed by atoms with van der Waals surface area (Å²) < 4.78 is 5.50. The fourth-order valence-corrected chi connectivity index (χ4v) is 1.57. The predicted molar refractivity (Wildman–Crippen MR) is 55.9 cm³/mol. The summed E-state index contributed by atoms with van der Waals surface area (Å²) in [7, 11) is 0. The Hall–Kier alpha value is -1.51. The van der Waals surface area contributed by atoms with Gasteiger partial charge in [-0.05, 0) is 25.5 Å². The number of hydrogen-bond acceptors (Lipinski definition) is 2. The third-order valence-corrected chi connectivity index (χ3v) is 2.72.